The monoisotopic (exact) mass is 328 g/mol. The van der Waals surface area contributed by atoms with Crippen molar-refractivity contribution >= 4 is 15.9 Å². The van der Waals surface area contributed by atoms with Crippen molar-refractivity contribution in [1.29, 1.82) is 0 Å². The van der Waals surface area contributed by atoms with Gasteiger partial charge in [0.25, 0.3) is 5.91 Å². The van der Waals surface area contributed by atoms with Crippen LogP contribution in [0.25, 0.3) is 0 Å². The quantitative estimate of drug-likeness (QED) is 0.835. The maximum atomic E-state index is 12.3. The molecule has 0 saturated heterocycles. The van der Waals surface area contributed by atoms with Crippen molar-refractivity contribution in [3.05, 3.63) is 23.8 Å². The molecule has 22 heavy (non-hydrogen) atoms. The number of carbonyl (C=O) groups is 1. The molecule has 0 aromatic heterocycles. The predicted octanol–water partition coefficient (Wildman–Crippen LogP) is 1.91. The fraction of sp³-hybridized carbons (Fsp3) is 0.533. The Labute approximate surface area is 132 Å². The van der Waals surface area contributed by atoms with E-state index in [9.17, 15) is 13.2 Å². The Bertz CT molecular complexity index is 633. The number of nitrogens with one attached hydrogen (secondary N) is 2. The van der Waals surface area contributed by atoms with Gasteiger partial charge in [-0.25, -0.2) is 13.1 Å². The molecular formula is C15H24N2O4S. The molecule has 0 bridgehead atoms. The lowest BCUT2D eigenvalue weighted by molar-refractivity contribution is 0.0919. The summed E-state index contributed by atoms with van der Waals surface area (Å²) in [5.41, 5.74) is -0.133. The second kappa shape index (κ2) is 7.11. The van der Waals surface area contributed by atoms with Crippen LogP contribution in [0.15, 0.2) is 23.1 Å². The van der Waals surface area contributed by atoms with Gasteiger partial charge in [-0.05, 0) is 45.9 Å². The lowest BCUT2D eigenvalue weighted by Crippen LogP contribution is -2.40. The molecule has 0 saturated carbocycles. The van der Waals surface area contributed by atoms with Crippen LogP contribution in [0.3, 0.4) is 0 Å². The molecule has 0 radical (unpaired) electrons. The molecule has 0 aliphatic carbocycles. The fourth-order valence-electron chi connectivity index (χ4n) is 1.81. The van der Waals surface area contributed by atoms with Crippen LogP contribution in [0.1, 0.15) is 45.0 Å². The van der Waals surface area contributed by atoms with Crippen LogP contribution in [0, 0.1) is 0 Å². The van der Waals surface area contributed by atoms with E-state index in [0.29, 0.717) is 6.61 Å². The smallest absolute Gasteiger partial charge is 0.251 e. The molecule has 0 spiro atoms. The van der Waals surface area contributed by atoms with Gasteiger partial charge in [0.05, 0.1) is 6.61 Å². The number of rotatable bonds is 6. The first-order valence-electron chi connectivity index (χ1n) is 7.19. The summed E-state index contributed by atoms with van der Waals surface area (Å²) in [4.78, 5) is 12.2. The highest BCUT2D eigenvalue weighted by molar-refractivity contribution is 7.89. The summed E-state index contributed by atoms with van der Waals surface area (Å²) in [5, 5.41) is 2.80. The van der Waals surface area contributed by atoms with E-state index in [1.165, 1.54) is 12.1 Å². The standard InChI is InChI=1S/C15H24N2O4S/c1-6-16-22(19,20)13-10-11(8-9-12(13)21-7-2)14(18)17-15(3,4)5/h8-10,16H,6-7H2,1-5H3,(H,17,18). The number of sulfonamides is 1. The number of amides is 1. The summed E-state index contributed by atoms with van der Waals surface area (Å²) in [6.45, 7) is 9.62. The van der Waals surface area contributed by atoms with Crippen LogP contribution >= 0.6 is 0 Å². The Morgan fingerprint density at radius 3 is 2.36 bits per heavy atom. The van der Waals surface area contributed by atoms with Crippen molar-refractivity contribution in [1.82, 2.24) is 10.0 Å². The van der Waals surface area contributed by atoms with E-state index in [1.54, 1.807) is 19.9 Å². The van der Waals surface area contributed by atoms with Crippen LogP contribution in [0.2, 0.25) is 0 Å². The molecule has 1 aromatic rings. The maximum Gasteiger partial charge on any atom is 0.251 e. The summed E-state index contributed by atoms with van der Waals surface area (Å²) < 4.78 is 32.3. The van der Waals surface area contributed by atoms with Gasteiger partial charge in [-0.15, -0.1) is 0 Å². The van der Waals surface area contributed by atoms with Gasteiger partial charge in [0.15, 0.2) is 0 Å². The summed E-state index contributed by atoms with van der Waals surface area (Å²) in [7, 11) is -3.72. The zero-order valence-corrected chi connectivity index (χ0v) is 14.5. The third-order valence-corrected chi connectivity index (χ3v) is 4.18. The van der Waals surface area contributed by atoms with E-state index in [0.717, 1.165) is 0 Å². The molecule has 0 aliphatic rings. The van der Waals surface area contributed by atoms with Gasteiger partial charge >= 0.3 is 0 Å². The highest BCUT2D eigenvalue weighted by Gasteiger charge is 2.22. The Kier molecular flexibility index (Phi) is 5.96. The lowest BCUT2D eigenvalue weighted by Gasteiger charge is -2.21. The SMILES string of the molecule is CCNS(=O)(=O)c1cc(C(=O)NC(C)(C)C)ccc1OCC. The van der Waals surface area contributed by atoms with Crippen LogP contribution in [0.5, 0.6) is 5.75 Å². The minimum Gasteiger partial charge on any atom is -0.492 e. The van der Waals surface area contributed by atoms with Gasteiger partial charge in [-0.2, -0.15) is 0 Å². The van der Waals surface area contributed by atoms with Gasteiger partial charge < -0.3 is 10.1 Å². The molecule has 0 atom stereocenters. The second-order valence-corrected chi connectivity index (χ2v) is 7.54. The number of benzene rings is 1. The Morgan fingerprint density at radius 1 is 1.23 bits per heavy atom. The molecule has 1 aromatic carbocycles. The van der Waals surface area contributed by atoms with E-state index in [-0.39, 0.29) is 28.7 Å². The third-order valence-electron chi connectivity index (χ3n) is 2.62. The minimum absolute atomic E-state index is 0.0299. The first-order chi connectivity index (χ1) is 10.1. The van der Waals surface area contributed by atoms with E-state index >= 15 is 0 Å². The summed E-state index contributed by atoms with van der Waals surface area (Å²) in [6, 6.07) is 4.40. The highest BCUT2D eigenvalue weighted by Crippen LogP contribution is 2.25. The number of carbonyl (C=O) groups excluding carboxylic acids is 1. The van der Waals surface area contributed by atoms with Crippen molar-refractivity contribution in [3.63, 3.8) is 0 Å². The molecule has 124 valence electrons. The van der Waals surface area contributed by atoms with Crippen LogP contribution in [-0.4, -0.2) is 33.0 Å². The largest absolute Gasteiger partial charge is 0.492 e. The topological polar surface area (TPSA) is 84.5 Å². The average Bonchev–Trinajstić information content (AvgIpc) is 2.37. The van der Waals surface area contributed by atoms with E-state index in [1.807, 2.05) is 20.8 Å². The molecule has 1 amide bonds. The van der Waals surface area contributed by atoms with Crippen molar-refractivity contribution in [2.24, 2.45) is 0 Å². The second-order valence-electron chi connectivity index (χ2n) is 5.80. The molecule has 0 heterocycles. The third kappa shape index (κ3) is 4.99. The van der Waals surface area contributed by atoms with Gasteiger partial charge in [0.2, 0.25) is 10.0 Å². The van der Waals surface area contributed by atoms with E-state index < -0.39 is 15.6 Å². The highest BCUT2D eigenvalue weighted by atomic mass is 32.2. The Morgan fingerprint density at radius 2 is 1.86 bits per heavy atom. The fourth-order valence-corrected chi connectivity index (χ4v) is 3.02. The first kappa shape index (κ1) is 18.4. The summed E-state index contributed by atoms with van der Waals surface area (Å²) in [5.74, 6) is -0.0979. The molecular weight excluding hydrogens is 304 g/mol. The van der Waals surface area contributed by atoms with E-state index in [2.05, 4.69) is 10.0 Å². The molecule has 1 rings (SSSR count). The molecule has 0 aliphatic heterocycles. The van der Waals surface area contributed by atoms with Gasteiger partial charge in [-0.3, -0.25) is 4.79 Å². The first-order valence-corrected chi connectivity index (χ1v) is 8.68. The number of ether oxygens (including phenoxy) is 1. The van der Waals surface area contributed by atoms with Crippen LogP contribution in [0.4, 0.5) is 0 Å². The normalized spacial score (nSPS) is 12.0. The molecule has 2 N–H and O–H groups in total. The number of hydrogen-bond acceptors (Lipinski definition) is 4. The zero-order chi connectivity index (χ0) is 17.0. The minimum atomic E-state index is -3.72. The summed E-state index contributed by atoms with van der Waals surface area (Å²) in [6.07, 6.45) is 0. The molecule has 6 nitrogen and oxygen atoms in total. The van der Waals surface area contributed by atoms with Crippen LogP contribution < -0.4 is 14.8 Å². The average molecular weight is 328 g/mol. The van der Waals surface area contributed by atoms with E-state index in [4.69, 9.17) is 4.74 Å². The molecule has 0 unspecified atom stereocenters. The van der Waals surface area contributed by atoms with Crippen molar-refractivity contribution in [3.8, 4) is 5.75 Å². The lowest BCUT2D eigenvalue weighted by atomic mass is 10.1. The number of hydrogen-bond donors (Lipinski definition) is 2. The van der Waals surface area contributed by atoms with Crippen molar-refractivity contribution in [2.45, 2.75) is 45.1 Å². The van der Waals surface area contributed by atoms with Gasteiger partial charge in [-0.1, -0.05) is 6.92 Å². The van der Waals surface area contributed by atoms with Crippen LogP contribution in [-0.2, 0) is 10.0 Å². The zero-order valence-electron chi connectivity index (χ0n) is 13.7. The predicted molar refractivity (Wildman–Crippen MR) is 85.7 cm³/mol. The maximum absolute atomic E-state index is 12.3. The van der Waals surface area contributed by atoms with Gasteiger partial charge in [0, 0.05) is 17.6 Å². The summed E-state index contributed by atoms with van der Waals surface area (Å²) >= 11 is 0. The van der Waals surface area contributed by atoms with Crippen molar-refractivity contribution < 1.29 is 17.9 Å². The Balaban J connectivity index is 3.28. The van der Waals surface area contributed by atoms with Crippen molar-refractivity contribution in [2.75, 3.05) is 13.2 Å². The Hall–Kier alpha value is -1.60. The van der Waals surface area contributed by atoms with Gasteiger partial charge in [0.1, 0.15) is 10.6 Å². The molecule has 7 heteroatoms. The molecule has 0 fully saturated rings.